The van der Waals surface area contributed by atoms with Gasteiger partial charge in [0.25, 0.3) is 5.69 Å². The summed E-state index contributed by atoms with van der Waals surface area (Å²) in [6, 6.07) is 10.5. The van der Waals surface area contributed by atoms with Gasteiger partial charge in [-0.05, 0) is 18.2 Å². The number of nitrogens with zero attached hydrogens (tertiary/aromatic N) is 3. The molecule has 2 aromatic carbocycles. The number of amidine groups is 1. The van der Waals surface area contributed by atoms with Crippen LogP contribution < -0.4 is 5.32 Å². The fourth-order valence-electron chi connectivity index (χ4n) is 2.50. The maximum atomic E-state index is 14.3. The second kappa shape index (κ2) is 6.93. The molecule has 1 heterocycles. The first-order valence-electron chi connectivity index (χ1n) is 7.42. The second-order valence-electron chi connectivity index (χ2n) is 5.22. The van der Waals surface area contributed by atoms with Crippen LogP contribution >= 0.6 is 0 Å². The number of halogens is 1. The molecule has 124 valence electrons. The highest BCUT2D eigenvalue weighted by Gasteiger charge is 2.22. The number of benzene rings is 2. The molecule has 0 saturated carbocycles. The van der Waals surface area contributed by atoms with Gasteiger partial charge in [0.05, 0.1) is 17.2 Å². The predicted molar refractivity (Wildman–Crippen MR) is 94.8 cm³/mol. The molecule has 0 aliphatic carbocycles. The van der Waals surface area contributed by atoms with Crippen molar-refractivity contribution in [2.45, 2.75) is 0 Å². The molecule has 0 atom stereocenters. The van der Waals surface area contributed by atoms with E-state index in [-0.39, 0.29) is 24.3 Å². The lowest BCUT2D eigenvalue weighted by atomic mass is 9.99. The number of hydrogen-bond donors (Lipinski definition) is 1. The Morgan fingerprint density at radius 1 is 1.32 bits per heavy atom. The van der Waals surface area contributed by atoms with Crippen LogP contribution in [0.4, 0.5) is 15.8 Å². The van der Waals surface area contributed by atoms with Gasteiger partial charge in [-0.2, -0.15) is 0 Å². The summed E-state index contributed by atoms with van der Waals surface area (Å²) in [7, 11) is 0. The number of aliphatic imine (C=N–C) groups is 2. The average molecular weight is 336 g/mol. The standard InChI is InChI=1S/C18H13FN4O2/c1-2-9-20-17-11-21-18(13-5-3-4-6-15(13)19)14-10-12(23(24)25)7-8-16(14)22-17/h1,3-8,10H,9,11H2,(H,20,22). The van der Waals surface area contributed by atoms with E-state index in [1.165, 1.54) is 18.2 Å². The van der Waals surface area contributed by atoms with E-state index in [1.807, 2.05) is 0 Å². The summed E-state index contributed by atoms with van der Waals surface area (Å²) in [4.78, 5) is 19.2. The first-order valence-corrected chi connectivity index (χ1v) is 7.42. The summed E-state index contributed by atoms with van der Waals surface area (Å²) >= 11 is 0. The van der Waals surface area contributed by atoms with E-state index in [9.17, 15) is 14.5 Å². The Morgan fingerprint density at radius 3 is 2.84 bits per heavy atom. The Labute approximate surface area is 143 Å². The molecule has 0 aromatic heterocycles. The number of rotatable bonds is 3. The van der Waals surface area contributed by atoms with Gasteiger partial charge in [0.2, 0.25) is 0 Å². The first-order chi connectivity index (χ1) is 12.1. The third-order valence-corrected chi connectivity index (χ3v) is 3.63. The topological polar surface area (TPSA) is 79.9 Å². The van der Waals surface area contributed by atoms with Crippen LogP contribution in [0.25, 0.3) is 0 Å². The Morgan fingerprint density at radius 2 is 2.12 bits per heavy atom. The van der Waals surface area contributed by atoms with Gasteiger partial charge in [-0.1, -0.05) is 18.1 Å². The molecule has 0 unspecified atom stereocenters. The first kappa shape index (κ1) is 16.3. The van der Waals surface area contributed by atoms with E-state index >= 15 is 0 Å². The summed E-state index contributed by atoms with van der Waals surface area (Å²) in [5.74, 6) is 2.47. The number of nitrogens with one attached hydrogen (secondary N) is 1. The van der Waals surface area contributed by atoms with Crippen LogP contribution in [0.15, 0.2) is 52.4 Å². The SMILES string of the molecule is C#CCN=C1CN=C(c2ccccc2F)c2cc([N+](=O)[O-])ccc2N1. The summed E-state index contributed by atoms with van der Waals surface area (Å²) in [5, 5.41) is 14.2. The maximum Gasteiger partial charge on any atom is 0.270 e. The van der Waals surface area contributed by atoms with Crippen LogP contribution in [0.2, 0.25) is 0 Å². The van der Waals surface area contributed by atoms with Gasteiger partial charge in [-0.15, -0.1) is 6.42 Å². The van der Waals surface area contributed by atoms with Gasteiger partial charge < -0.3 is 5.32 Å². The number of non-ortho nitro benzene ring substituents is 1. The van der Waals surface area contributed by atoms with Gasteiger partial charge in [0, 0.05) is 28.9 Å². The van der Waals surface area contributed by atoms with Crippen LogP contribution in [0.3, 0.4) is 0 Å². The highest BCUT2D eigenvalue weighted by Crippen LogP contribution is 2.28. The molecular weight excluding hydrogens is 323 g/mol. The van der Waals surface area contributed by atoms with Crippen LogP contribution in [0.1, 0.15) is 11.1 Å². The van der Waals surface area contributed by atoms with Crippen molar-refractivity contribution in [2.75, 3.05) is 18.4 Å². The molecule has 0 amide bonds. The fraction of sp³-hybridized carbons (Fsp3) is 0.111. The van der Waals surface area contributed by atoms with E-state index in [2.05, 4.69) is 21.2 Å². The summed E-state index contributed by atoms with van der Waals surface area (Å²) < 4.78 is 14.3. The molecule has 1 aliphatic rings. The molecule has 1 N–H and O–H groups in total. The lowest BCUT2D eigenvalue weighted by Crippen LogP contribution is -2.15. The minimum atomic E-state index is -0.502. The van der Waals surface area contributed by atoms with Crippen LogP contribution in [0.5, 0.6) is 0 Å². The number of nitro benzene ring substituents is 1. The van der Waals surface area contributed by atoms with Crippen molar-refractivity contribution in [1.29, 1.82) is 0 Å². The Bertz CT molecular complexity index is 944. The molecular formula is C18H13FN4O2. The summed E-state index contributed by atoms with van der Waals surface area (Å²) in [6.07, 6.45) is 5.23. The van der Waals surface area contributed by atoms with Crippen LogP contribution in [-0.2, 0) is 0 Å². The fourth-order valence-corrected chi connectivity index (χ4v) is 2.50. The van der Waals surface area contributed by atoms with Crippen LogP contribution in [0, 0.1) is 28.3 Å². The quantitative estimate of drug-likeness (QED) is 0.531. The number of fused-ring (bicyclic) bond motifs is 1. The third kappa shape index (κ3) is 3.38. The van der Waals surface area contributed by atoms with E-state index in [1.54, 1.807) is 24.3 Å². The van der Waals surface area contributed by atoms with Crippen molar-refractivity contribution in [3.63, 3.8) is 0 Å². The molecule has 25 heavy (non-hydrogen) atoms. The number of terminal acetylenes is 1. The van der Waals surface area contributed by atoms with E-state index in [0.717, 1.165) is 0 Å². The van der Waals surface area contributed by atoms with Crippen molar-refractivity contribution in [3.05, 3.63) is 69.5 Å². The van der Waals surface area contributed by atoms with Gasteiger partial charge in [0.15, 0.2) is 0 Å². The smallest absolute Gasteiger partial charge is 0.270 e. The molecule has 0 spiro atoms. The molecule has 0 fully saturated rings. The minimum Gasteiger partial charge on any atom is -0.342 e. The number of nitro groups is 1. The summed E-state index contributed by atoms with van der Waals surface area (Å²) in [5.41, 5.74) is 1.49. The molecule has 0 radical (unpaired) electrons. The Hall–Kier alpha value is -3.53. The van der Waals surface area contributed by atoms with Gasteiger partial charge in [-0.25, -0.2) is 4.39 Å². The Balaban J connectivity index is 2.19. The highest BCUT2D eigenvalue weighted by molar-refractivity contribution is 6.20. The maximum absolute atomic E-state index is 14.3. The molecule has 3 rings (SSSR count). The van der Waals surface area contributed by atoms with E-state index in [0.29, 0.717) is 22.8 Å². The zero-order chi connectivity index (χ0) is 17.8. The average Bonchev–Trinajstić information content (AvgIpc) is 2.79. The highest BCUT2D eigenvalue weighted by atomic mass is 19.1. The van der Waals surface area contributed by atoms with Crippen molar-refractivity contribution >= 4 is 22.9 Å². The lowest BCUT2D eigenvalue weighted by molar-refractivity contribution is -0.384. The third-order valence-electron chi connectivity index (χ3n) is 3.63. The van der Waals surface area contributed by atoms with Crippen molar-refractivity contribution in [1.82, 2.24) is 0 Å². The normalized spacial score (nSPS) is 14.7. The van der Waals surface area contributed by atoms with Gasteiger partial charge in [-0.3, -0.25) is 20.1 Å². The van der Waals surface area contributed by atoms with Gasteiger partial charge >= 0.3 is 0 Å². The Kier molecular flexibility index (Phi) is 4.53. The van der Waals surface area contributed by atoms with Crippen molar-refractivity contribution in [3.8, 4) is 12.3 Å². The van der Waals surface area contributed by atoms with Gasteiger partial charge in [0.1, 0.15) is 18.2 Å². The van der Waals surface area contributed by atoms with E-state index in [4.69, 9.17) is 6.42 Å². The minimum absolute atomic E-state index is 0.103. The predicted octanol–water partition coefficient (Wildman–Crippen LogP) is 3.03. The number of benzodiazepines with no additional fused rings is 1. The monoisotopic (exact) mass is 336 g/mol. The lowest BCUT2D eigenvalue weighted by Gasteiger charge is -2.11. The number of anilines is 1. The van der Waals surface area contributed by atoms with Crippen molar-refractivity contribution < 1.29 is 9.31 Å². The van der Waals surface area contributed by atoms with Crippen molar-refractivity contribution in [2.24, 2.45) is 9.98 Å². The molecule has 0 saturated heterocycles. The molecule has 0 bridgehead atoms. The van der Waals surface area contributed by atoms with Crippen LogP contribution in [-0.4, -0.2) is 29.6 Å². The second-order valence-corrected chi connectivity index (χ2v) is 5.22. The van der Waals surface area contributed by atoms with E-state index < -0.39 is 10.7 Å². The number of hydrogen-bond acceptors (Lipinski definition) is 4. The summed E-state index contributed by atoms with van der Waals surface area (Å²) in [6.45, 7) is 0.336. The molecule has 2 aromatic rings. The zero-order valence-electron chi connectivity index (χ0n) is 13.1. The molecule has 1 aliphatic heterocycles. The molecule has 7 heteroatoms. The largest absolute Gasteiger partial charge is 0.342 e. The zero-order valence-corrected chi connectivity index (χ0v) is 13.1. The molecule has 6 nitrogen and oxygen atoms in total.